The maximum absolute atomic E-state index is 10.7. The van der Waals surface area contributed by atoms with Gasteiger partial charge in [0.1, 0.15) is 5.69 Å². The van der Waals surface area contributed by atoms with Crippen molar-refractivity contribution in [3.63, 3.8) is 0 Å². The molecule has 1 aromatic carbocycles. The first-order valence-corrected chi connectivity index (χ1v) is 5.00. The van der Waals surface area contributed by atoms with Crippen molar-refractivity contribution in [2.75, 3.05) is 7.11 Å². The van der Waals surface area contributed by atoms with Crippen molar-refractivity contribution in [2.24, 2.45) is 0 Å². The standard InChI is InChI=1S/C10H10N4O4/c1-18-10-4-8(2-3-9(10)14(16)17)13-5-7(6-15)11-12-13/h2-5,15H,6H2,1H3. The van der Waals surface area contributed by atoms with Crippen LogP contribution in [0.4, 0.5) is 5.69 Å². The Morgan fingerprint density at radius 2 is 2.33 bits per heavy atom. The Morgan fingerprint density at radius 1 is 1.56 bits per heavy atom. The van der Waals surface area contributed by atoms with E-state index in [9.17, 15) is 10.1 Å². The zero-order chi connectivity index (χ0) is 13.1. The van der Waals surface area contributed by atoms with Crippen LogP contribution in [-0.2, 0) is 6.61 Å². The lowest BCUT2D eigenvalue weighted by molar-refractivity contribution is -0.385. The first-order chi connectivity index (χ1) is 8.65. The Morgan fingerprint density at radius 3 is 2.89 bits per heavy atom. The highest BCUT2D eigenvalue weighted by molar-refractivity contribution is 5.52. The Hall–Kier alpha value is -2.48. The highest BCUT2D eigenvalue weighted by atomic mass is 16.6. The number of nitro groups is 1. The molecule has 18 heavy (non-hydrogen) atoms. The van der Waals surface area contributed by atoms with Crippen LogP contribution < -0.4 is 4.74 Å². The summed E-state index contributed by atoms with van der Waals surface area (Å²) in [7, 11) is 1.35. The minimum atomic E-state index is -0.525. The number of nitro benzene ring substituents is 1. The fraction of sp³-hybridized carbons (Fsp3) is 0.200. The molecule has 0 aliphatic carbocycles. The number of aliphatic hydroxyl groups is 1. The van der Waals surface area contributed by atoms with Gasteiger partial charge in [0.15, 0.2) is 5.75 Å². The third-order valence-corrected chi connectivity index (χ3v) is 2.33. The Bertz CT molecular complexity index is 581. The molecule has 2 aromatic rings. The number of ether oxygens (including phenoxy) is 1. The topological polar surface area (TPSA) is 103 Å². The molecule has 2 rings (SSSR count). The normalized spacial score (nSPS) is 10.3. The fourth-order valence-corrected chi connectivity index (χ4v) is 1.46. The lowest BCUT2D eigenvalue weighted by atomic mass is 10.2. The number of methoxy groups -OCH3 is 1. The number of nitrogens with zero attached hydrogens (tertiary/aromatic N) is 4. The van der Waals surface area contributed by atoms with Crippen LogP contribution in [0.1, 0.15) is 5.69 Å². The van der Waals surface area contributed by atoms with Gasteiger partial charge in [0.2, 0.25) is 0 Å². The molecule has 0 fully saturated rings. The summed E-state index contributed by atoms with van der Waals surface area (Å²) in [5.41, 5.74) is 0.848. The van der Waals surface area contributed by atoms with E-state index < -0.39 is 4.92 Å². The zero-order valence-corrected chi connectivity index (χ0v) is 9.48. The molecule has 0 atom stereocenters. The van der Waals surface area contributed by atoms with Gasteiger partial charge in [-0.2, -0.15) is 0 Å². The average molecular weight is 250 g/mol. The molecule has 0 saturated carbocycles. The minimum Gasteiger partial charge on any atom is -0.490 e. The molecule has 1 heterocycles. The number of hydrogen-bond acceptors (Lipinski definition) is 6. The van der Waals surface area contributed by atoms with Gasteiger partial charge < -0.3 is 9.84 Å². The lowest BCUT2D eigenvalue weighted by Crippen LogP contribution is -1.98. The molecule has 1 aromatic heterocycles. The van der Waals surface area contributed by atoms with Gasteiger partial charge in [-0.3, -0.25) is 10.1 Å². The zero-order valence-electron chi connectivity index (χ0n) is 9.48. The van der Waals surface area contributed by atoms with E-state index in [-0.39, 0.29) is 18.0 Å². The van der Waals surface area contributed by atoms with Crippen LogP contribution in [0.2, 0.25) is 0 Å². The Labute approximate surface area is 102 Å². The molecule has 0 spiro atoms. The van der Waals surface area contributed by atoms with E-state index in [1.54, 1.807) is 0 Å². The van der Waals surface area contributed by atoms with E-state index in [2.05, 4.69) is 10.3 Å². The predicted octanol–water partition coefficient (Wildman–Crippen LogP) is 0.676. The molecule has 94 valence electrons. The van der Waals surface area contributed by atoms with Gasteiger partial charge in [-0.1, -0.05) is 5.21 Å². The van der Waals surface area contributed by atoms with Gasteiger partial charge >= 0.3 is 5.69 Å². The molecule has 0 aliphatic heterocycles. The van der Waals surface area contributed by atoms with Crippen LogP contribution in [0.25, 0.3) is 5.69 Å². The maximum atomic E-state index is 10.7. The van der Waals surface area contributed by atoms with Crippen LogP contribution in [0.15, 0.2) is 24.4 Å². The third-order valence-electron chi connectivity index (χ3n) is 2.33. The van der Waals surface area contributed by atoms with Gasteiger partial charge in [0, 0.05) is 12.1 Å². The lowest BCUT2D eigenvalue weighted by Gasteiger charge is -2.04. The highest BCUT2D eigenvalue weighted by Gasteiger charge is 2.15. The number of benzene rings is 1. The van der Waals surface area contributed by atoms with Gasteiger partial charge in [0.05, 0.1) is 30.5 Å². The molecule has 0 amide bonds. The smallest absolute Gasteiger partial charge is 0.311 e. The molecular formula is C10H10N4O4. The second kappa shape index (κ2) is 4.80. The van der Waals surface area contributed by atoms with E-state index in [0.717, 1.165) is 0 Å². The van der Waals surface area contributed by atoms with Gasteiger partial charge in [-0.15, -0.1) is 5.10 Å². The summed E-state index contributed by atoms with van der Waals surface area (Å²) in [6.45, 7) is -0.218. The van der Waals surface area contributed by atoms with E-state index in [0.29, 0.717) is 11.4 Å². The summed E-state index contributed by atoms with van der Waals surface area (Å²) >= 11 is 0. The summed E-state index contributed by atoms with van der Waals surface area (Å²) in [6, 6.07) is 4.33. The van der Waals surface area contributed by atoms with E-state index in [1.807, 2.05) is 0 Å². The van der Waals surface area contributed by atoms with Gasteiger partial charge in [0.25, 0.3) is 0 Å². The number of hydrogen-bond donors (Lipinski definition) is 1. The number of aliphatic hydroxyl groups excluding tert-OH is 1. The van der Waals surface area contributed by atoms with Crippen molar-refractivity contribution in [2.45, 2.75) is 6.61 Å². The third kappa shape index (κ3) is 2.13. The van der Waals surface area contributed by atoms with Crippen molar-refractivity contribution < 1.29 is 14.8 Å². The van der Waals surface area contributed by atoms with Gasteiger partial charge in [-0.05, 0) is 6.07 Å². The van der Waals surface area contributed by atoms with Crippen molar-refractivity contribution in [1.29, 1.82) is 0 Å². The van der Waals surface area contributed by atoms with Crippen LogP contribution in [-0.4, -0.2) is 32.1 Å². The second-order valence-corrected chi connectivity index (χ2v) is 3.43. The van der Waals surface area contributed by atoms with E-state index in [4.69, 9.17) is 9.84 Å². The maximum Gasteiger partial charge on any atom is 0.311 e. The summed E-state index contributed by atoms with van der Waals surface area (Å²) in [4.78, 5) is 10.2. The van der Waals surface area contributed by atoms with Crippen LogP contribution in [0.3, 0.4) is 0 Å². The SMILES string of the molecule is COc1cc(-n2cc(CO)nn2)ccc1[N+](=O)[O-]. The molecule has 0 unspecified atom stereocenters. The molecule has 0 radical (unpaired) electrons. The second-order valence-electron chi connectivity index (χ2n) is 3.43. The first-order valence-electron chi connectivity index (χ1n) is 5.00. The van der Waals surface area contributed by atoms with Crippen molar-refractivity contribution in [1.82, 2.24) is 15.0 Å². The summed E-state index contributed by atoms with van der Waals surface area (Å²) in [5, 5.41) is 27.1. The molecule has 8 nitrogen and oxygen atoms in total. The molecule has 8 heteroatoms. The van der Waals surface area contributed by atoms with Crippen molar-refractivity contribution in [3.8, 4) is 11.4 Å². The van der Waals surface area contributed by atoms with Crippen LogP contribution >= 0.6 is 0 Å². The first kappa shape index (κ1) is 12.0. The largest absolute Gasteiger partial charge is 0.490 e. The summed E-state index contributed by atoms with van der Waals surface area (Å²) in [5.74, 6) is 0.138. The van der Waals surface area contributed by atoms with Crippen LogP contribution in [0, 0.1) is 10.1 Å². The average Bonchev–Trinajstić information content (AvgIpc) is 2.86. The Balaban J connectivity index is 2.43. The quantitative estimate of drug-likeness (QED) is 0.632. The highest BCUT2D eigenvalue weighted by Crippen LogP contribution is 2.28. The van der Waals surface area contributed by atoms with Crippen molar-refractivity contribution >= 4 is 5.69 Å². The van der Waals surface area contributed by atoms with E-state index >= 15 is 0 Å². The van der Waals surface area contributed by atoms with Crippen molar-refractivity contribution in [3.05, 3.63) is 40.2 Å². The summed E-state index contributed by atoms with van der Waals surface area (Å²) in [6.07, 6.45) is 1.53. The Kier molecular flexibility index (Phi) is 3.20. The molecule has 1 N–H and O–H groups in total. The number of aromatic nitrogens is 3. The van der Waals surface area contributed by atoms with E-state index in [1.165, 1.54) is 36.2 Å². The predicted molar refractivity (Wildman–Crippen MR) is 60.5 cm³/mol. The number of rotatable bonds is 4. The molecular weight excluding hydrogens is 240 g/mol. The monoisotopic (exact) mass is 250 g/mol. The molecule has 0 aliphatic rings. The van der Waals surface area contributed by atoms with Gasteiger partial charge in [-0.25, -0.2) is 4.68 Å². The fourth-order valence-electron chi connectivity index (χ4n) is 1.46. The minimum absolute atomic E-state index is 0.122. The molecule has 0 saturated heterocycles. The summed E-state index contributed by atoms with van der Waals surface area (Å²) < 4.78 is 6.35. The molecule has 0 bridgehead atoms. The van der Waals surface area contributed by atoms with Crippen LogP contribution in [0.5, 0.6) is 5.75 Å².